The molecule has 5 nitrogen and oxygen atoms in total. The number of nitrogens with zero attached hydrogens (tertiary/aromatic N) is 2. The maximum Gasteiger partial charge on any atom is 0.191 e. The lowest BCUT2D eigenvalue weighted by Gasteiger charge is -2.21. The molecule has 0 amide bonds. The molecular formula is C18H29IN4O. The Morgan fingerprint density at radius 2 is 2.21 bits per heavy atom. The Balaban J connectivity index is 0.00000288. The van der Waals surface area contributed by atoms with Crippen LogP contribution in [0.1, 0.15) is 18.4 Å². The summed E-state index contributed by atoms with van der Waals surface area (Å²) in [4.78, 5) is 6.70. The van der Waals surface area contributed by atoms with E-state index in [2.05, 4.69) is 40.2 Å². The summed E-state index contributed by atoms with van der Waals surface area (Å²) in [6, 6.07) is 8.62. The van der Waals surface area contributed by atoms with Crippen LogP contribution in [0.2, 0.25) is 0 Å². The van der Waals surface area contributed by atoms with Gasteiger partial charge >= 0.3 is 0 Å². The van der Waals surface area contributed by atoms with Gasteiger partial charge in [0, 0.05) is 31.7 Å². The Morgan fingerprint density at radius 1 is 1.42 bits per heavy atom. The first kappa shape index (κ1) is 20.8. The quantitative estimate of drug-likeness (QED) is 0.294. The highest BCUT2D eigenvalue weighted by atomic mass is 127. The van der Waals surface area contributed by atoms with Gasteiger partial charge in [0.2, 0.25) is 0 Å². The van der Waals surface area contributed by atoms with Crippen LogP contribution in [0.3, 0.4) is 0 Å². The highest BCUT2D eigenvalue weighted by Gasteiger charge is 2.20. The molecule has 2 rings (SSSR count). The van der Waals surface area contributed by atoms with Gasteiger partial charge in [0.05, 0.1) is 0 Å². The third-order valence-corrected chi connectivity index (χ3v) is 4.18. The molecule has 6 heteroatoms. The molecule has 1 heterocycles. The van der Waals surface area contributed by atoms with Gasteiger partial charge in [-0.25, -0.2) is 0 Å². The summed E-state index contributed by atoms with van der Waals surface area (Å²) in [5.41, 5.74) is 1.11. The van der Waals surface area contributed by atoms with Crippen molar-refractivity contribution in [3.8, 4) is 5.75 Å². The maximum atomic E-state index is 5.68. The first-order valence-electron chi connectivity index (χ1n) is 8.21. The molecule has 1 aliphatic heterocycles. The molecule has 134 valence electrons. The zero-order valence-corrected chi connectivity index (χ0v) is 17.0. The maximum absolute atomic E-state index is 5.68. The van der Waals surface area contributed by atoms with E-state index in [0.717, 1.165) is 23.8 Å². The summed E-state index contributed by atoms with van der Waals surface area (Å²) < 4.78 is 5.68. The van der Waals surface area contributed by atoms with Crippen LogP contribution in [-0.4, -0.2) is 50.7 Å². The molecule has 1 aromatic carbocycles. The van der Waals surface area contributed by atoms with Crippen molar-refractivity contribution in [2.24, 2.45) is 4.99 Å². The molecule has 1 aromatic rings. The molecule has 0 radical (unpaired) electrons. The summed E-state index contributed by atoms with van der Waals surface area (Å²) in [6.07, 6.45) is 4.28. The third kappa shape index (κ3) is 6.32. The van der Waals surface area contributed by atoms with Crippen LogP contribution in [0.4, 0.5) is 0 Å². The SMILES string of the molecule is C=CCOc1ccccc1CNC(=NC)NCC1CCCN1C.I. The predicted molar refractivity (Wildman–Crippen MR) is 111 cm³/mol. The molecule has 0 bridgehead atoms. The molecule has 2 N–H and O–H groups in total. The van der Waals surface area contributed by atoms with Crippen LogP contribution in [0.5, 0.6) is 5.75 Å². The molecule has 0 spiro atoms. The molecule has 1 fully saturated rings. The number of para-hydroxylation sites is 1. The van der Waals surface area contributed by atoms with Gasteiger partial charge in [-0.05, 0) is 32.5 Å². The summed E-state index contributed by atoms with van der Waals surface area (Å²) in [6.45, 7) is 6.98. The number of guanidine groups is 1. The van der Waals surface area contributed by atoms with Gasteiger partial charge in [-0.2, -0.15) is 0 Å². The number of nitrogens with one attached hydrogen (secondary N) is 2. The number of likely N-dealkylation sites (tertiary alicyclic amines) is 1. The van der Waals surface area contributed by atoms with Gasteiger partial charge in [0.25, 0.3) is 0 Å². The fraction of sp³-hybridized carbons (Fsp3) is 0.500. The molecular weight excluding hydrogens is 415 g/mol. The Morgan fingerprint density at radius 3 is 2.88 bits per heavy atom. The summed E-state index contributed by atoms with van der Waals surface area (Å²) in [7, 11) is 3.98. The first-order chi connectivity index (χ1) is 11.2. The number of rotatable bonds is 7. The smallest absolute Gasteiger partial charge is 0.191 e. The van der Waals surface area contributed by atoms with E-state index < -0.39 is 0 Å². The van der Waals surface area contributed by atoms with E-state index in [-0.39, 0.29) is 24.0 Å². The molecule has 1 unspecified atom stereocenters. The van der Waals surface area contributed by atoms with E-state index in [0.29, 0.717) is 19.2 Å². The van der Waals surface area contributed by atoms with Crippen molar-refractivity contribution >= 4 is 29.9 Å². The van der Waals surface area contributed by atoms with E-state index in [9.17, 15) is 0 Å². The normalized spacial score (nSPS) is 17.9. The van der Waals surface area contributed by atoms with Crippen LogP contribution in [0.15, 0.2) is 41.9 Å². The molecule has 0 saturated carbocycles. The van der Waals surface area contributed by atoms with Crippen molar-refractivity contribution in [1.29, 1.82) is 0 Å². The number of ether oxygens (including phenoxy) is 1. The number of hydrogen-bond donors (Lipinski definition) is 2. The monoisotopic (exact) mass is 444 g/mol. The molecule has 24 heavy (non-hydrogen) atoms. The van der Waals surface area contributed by atoms with Gasteiger partial charge in [0.15, 0.2) is 5.96 Å². The van der Waals surface area contributed by atoms with Gasteiger partial charge in [-0.1, -0.05) is 30.9 Å². The van der Waals surface area contributed by atoms with E-state index in [1.807, 2.05) is 18.2 Å². The molecule has 1 atom stereocenters. The fourth-order valence-electron chi connectivity index (χ4n) is 2.79. The van der Waals surface area contributed by atoms with E-state index >= 15 is 0 Å². The van der Waals surface area contributed by atoms with Crippen molar-refractivity contribution in [1.82, 2.24) is 15.5 Å². The van der Waals surface area contributed by atoms with Crippen LogP contribution >= 0.6 is 24.0 Å². The van der Waals surface area contributed by atoms with Gasteiger partial charge in [0.1, 0.15) is 12.4 Å². The molecule has 1 aliphatic rings. The van der Waals surface area contributed by atoms with Gasteiger partial charge < -0.3 is 20.3 Å². The topological polar surface area (TPSA) is 48.9 Å². The lowest BCUT2D eigenvalue weighted by molar-refractivity contribution is 0.309. The second-order valence-electron chi connectivity index (χ2n) is 5.79. The Hall–Kier alpha value is -1.28. The van der Waals surface area contributed by atoms with Crippen molar-refractivity contribution in [3.63, 3.8) is 0 Å². The predicted octanol–water partition coefficient (Wildman–Crippen LogP) is 2.63. The van der Waals surface area contributed by atoms with Crippen LogP contribution in [0, 0.1) is 0 Å². The third-order valence-electron chi connectivity index (χ3n) is 4.18. The Bertz CT molecular complexity index is 536. The average Bonchev–Trinajstić information content (AvgIpc) is 2.99. The molecule has 0 aromatic heterocycles. The lowest BCUT2D eigenvalue weighted by atomic mass is 10.2. The number of halogens is 1. The largest absolute Gasteiger partial charge is 0.489 e. The minimum Gasteiger partial charge on any atom is -0.489 e. The van der Waals surface area contributed by atoms with E-state index in [1.165, 1.54) is 19.4 Å². The average molecular weight is 444 g/mol. The van der Waals surface area contributed by atoms with Crippen molar-refractivity contribution < 1.29 is 4.74 Å². The number of benzene rings is 1. The van der Waals surface area contributed by atoms with Gasteiger partial charge in [-0.3, -0.25) is 4.99 Å². The van der Waals surface area contributed by atoms with Gasteiger partial charge in [-0.15, -0.1) is 24.0 Å². The minimum absolute atomic E-state index is 0. The van der Waals surface area contributed by atoms with E-state index in [4.69, 9.17) is 4.74 Å². The van der Waals surface area contributed by atoms with Crippen LogP contribution < -0.4 is 15.4 Å². The number of aliphatic imine (C=N–C) groups is 1. The van der Waals surface area contributed by atoms with E-state index in [1.54, 1.807) is 13.1 Å². The minimum atomic E-state index is 0. The fourth-order valence-corrected chi connectivity index (χ4v) is 2.79. The van der Waals surface area contributed by atoms with Crippen molar-refractivity contribution in [2.75, 3.05) is 33.8 Å². The zero-order valence-electron chi connectivity index (χ0n) is 14.6. The van der Waals surface area contributed by atoms with Crippen molar-refractivity contribution in [2.45, 2.75) is 25.4 Å². The second kappa shape index (κ2) is 11.3. The molecule has 0 aliphatic carbocycles. The summed E-state index contributed by atoms with van der Waals surface area (Å²) in [5, 5.41) is 6.77. The first-order valence-corrected chi connectivity index (χ1v) is 8.21. The summed E-state index contributed by atoms with van der Waals surface area (Å²) in [5.74, 6) is 1.70. The summed E-state index contributed by atoms with van der Waals surface area (Å²) >= 11 is 0. The Kier molecular flexibility index (Phi) is 9.78. The standard InChI is InChI=1S/C18H28N4O.HI/c1-4-12-23-17-10-6-5-8-15(17)13-20-18(19-2)21-14-16-9-7-11-22(16)3;/h4-6,8,10,16H,1,7,9,11-14H2,2-3H3,(H2,19,20,21);1H. The zero-order chi connectivity index (χ0) is 16.5. The highest BCUT2D eigenvalue weighted by molar-refractivity contribution is 14.0. The van der Waals surface area contributed by atoms with Crippen molar-refractivity contribution in [3.05, 3.63) is 42.5 Å². The molecule has 1 saturated heterocycles. The number of hydrogen-bond acceptors (Lipinski definition) is 3. The highest BCUT2D eigenvalue weighted by Crippen LogP contribution is 2.17. The Labute approximate surface area is 162 Å². The van der Waals surface area contributed by atoms with Crippen LogP contribution in [0.25, 0.3) is 0 Å². The lowest BCUT2D eigenvalue weighted by Crippen LogP contribution is -2.43. The number of likely N-dealkylation sites (N-methyl/N-ethyl adjacent to an activating group) is 1. The second-order valence-corrected chi connectivity index (χ2v) is 5.79. The van der Waals surface area contributed by atoms with Crippen LogP contribution in [-0.2, 0) is 6.54 Å².